The molecule has 0 radical (unpaired) electrons. The van der Waals surface area contributed by atoms with Crippen LogP contribution in [0.5, 0.6) is 5.75 Å². The molecule has 5 nitrogen and oxygen atoms in total. The Labute approximate surface area is 160 Å². The maximum absolute atomic E-state index is 12.7. The molecule has 2 aromatic carbocycles. The number of halogens is 3. The summed E-state index contributed by atoms with van der Waals surface area (Å²) in [4.78, 5) is 27.9. The van der Waals surface area contributed by atoms with Gasteiger partial charge in [-0.15, -0.1) is 0 Å². The number of alkyl halides is 3. The summed E-state index contributed by atoms with van der Waals surface area (Å²) in [7, 11) is 0. The molecule has 1 heterocycles. The first-order valence-corrected chi connectivity index (χ1v) is 8.77. The lowest BCUT2D eigenvalue weighted by Crippen LogP contribution is -2.51. The standard InChI is InChI=1S/C20H19F3N2O3/c21-20(22,23)16-7-4-8-17(13-16)28-14-18(26)24-9-11-25(12-10-24)19(27)15-5-2-1-3-6-15/h1-8,13H,9-12,14H2. The van der Waals surface area contributed by atoms with Crippen LogP contribution in [0.1, 0.15) is 15.9 Å². The minimum Gasteiger partial charge on any atom is -0.484 e. The van der Waals surface area contributed by atoms with Crippen LogP contribution in [-0.4, -0.2) is 54.4 Å². The lowest BCUT2D eigenvalue weighted by Gasteiger charge is -2.34. The second-order valence-electron chi connectivity index (χ2n) is 6.35. The molecule has 0 aromatic heterocycles. The number of rotatable bonds is 4. The molecule has 1 aliphatic rings. The molecule has 0 unspecified atom stereocenters. The minimum atomic E-state index is -4.47. The van der Waals surface area contributed by atoms with Crippen molar-refractivity contribution in [1.29, 1.82) is 0 Å². The smallest absolute Gasteiger partial charge is 0.416 e. The summed E-state index contributed by atoms with van der Waals surface area (Å²) in [5, 5.41) is 0. The minimum absolute atomic E-state index is 0.0129. The molecule has 2 aromatic rings. The summed E-state index contributed by atoms with van der Waals surface area (Å²) in [5.41, 5.74) is -0.236. The molecule has 0 bridgehead atoms. The van der Waals surface area contributed by atoms with Gasteiger partial charge < -0.3 is 14.5 Å². The van der Waals surface area contributed by atoms with Gasteiger partial charge in [0, 0.05) is 31.7 Å². The van der Waals surface area contributed by atoms with Gasteiger partial charge in [0.2, 0.25) is 0 Å². The van der Waals surface area contributed by atoms with Crippen molar-refractivity contribution in [2.24, 2.45) is 0 Å². The van der Waals surface area contributed by atoms with Gasteiger partial charge in [-0.05, 0) is 30.3 Å². The molecule has 1 aliphatic heterocycles. The van der Waals surface area contributed by atoms with Crippen LogP contribution in [0.15, 0.2) is 54.6 Å². The zero-order valence-electron chi connectivity index (χ0n) is 15.0. The maximum Gasteiger partial charge on any atom is 0.416 e. The van der Waals surface area contributed by atoms with Crippen LogP contribution in [0.25, 0.3) is 0 Å². The average Bonchev–Trinajstić information content (AvgIpc) is 2.72. The number of nitrogens with zero attached hydrogens (tertiary/aromatic N) is 2. The molecule has 148 valence electrons. The van der Waals surface area contributed by atoms with E-state index in [4.69, 9.17) is 4.74 Å². The van der Waals surface area contributed by atoms with Crippen molar-refractivity contribution in [3.05, 3.63) is 65.7 Å². The predicted molar refractivity (Wildman–Crippen MR) is 95.9 cm³/mol. The molecule has 1 fully saturated rings. The highest BCUT2D eigenvalue weighted by Crippen LogP contribution is 2.31. The van der Waals surface area contributed by atoms with Crippen molar-refractivity contribution < 1.29 is 27.5 Å². The van der Waals surface area contributed by atoms with Crippen molar-refractivity contribution >= 4 is 11.8 Å². The van der Waals surface area contributed by atoms with E-state index in [0.717, 1.165) is 12.1 Å². The number of ether oxygens (including phenoxy) is 1. The summed E-state index contributed by atoms with van der Waals surface area (Å²) in [6, 6.07) is 13.3. The van der Waals surface area contributed by atoms with Gasteiger partial charge in [-0.2, -0.15) is 13.2 Å². The first-order chi connectivity index (χ1) is 13.3. The molecule has 3 rings (SSSR count). The number of piperazine rings is 1. The van der Waals surface area contributed by atoms with Crippen LogP contribution in [0, 0.1) is 0 Å². The Bertz CT molecular complexity index is 832. The lowest BCUT2D eigenvalue weighted by atomic mass is 10.2. The summed E-state index contributed by atoms with van der Waals surface area (Å²) >= 11 is 0. The Hall–Kier alpha value is -3.03. The highest BCUT2D eigenvalue weighted by molar-refractivity contribution is 5.94. The van der Waals surface area contributed by atoms with Crippen molar-refractivity contribution in [1.82, 2.24) is 9.80 Å². The maximum atomic E-state index is 12.7. The zero-order chi connectivity index (χ0) is 20.1. The van der Waals surface area contributed by atoms with Crippen molar-refractivity contribution in [2.45, 2.75) is 6.18 Å². The largest absolute Gasteiger partial charge is 0.484 e. The molecule has 0 atom stereocenters. The summed E-state index contributed by atoms with van der Waals surface area (Å²) in [6.07, 6.45) is -4.47. The van der Waals surface area contributed by atoms with Gasteiger partial charge in [-0.3, -0.25) is 9.59 Å². The first-order valence-electron chi connectivity index (χ1n) is 8.77. The van der Waals surface area contributed by atoms with Gasteiger partial charge in [0.05, 0.1) is 5.56 Å². The predicted octanol–water partition coefficient (Wildman–Crippen LogP) is 3.07. The number of hydrogen-bond acceptors (Lipinski definition) is 3. The van der Waals surface area contributed by atoms with E-state index < -0.39 is 11.7 Å². The second-order valence-corrected chi connectivity index (χ2v) is 6.35. The van der Waals surface area contributed by atoms with E-state index in [0.29, 0.717) is 31.7 Å². The molecule has 1 saturated heterocycles. The average molecular weight is 392 g/mol. The Morgan fingerprint density at radius 1 is 0.893 bits per heavy atom. The van der Waals surface area contributed by atoms with E-state index in [1.807, 2.05) is 6.07 Å². The normalized spacial score (nSPS) is 14.7. The number of hydrogen-bond donors (Lipinski definition) is 0. The van der Waals surface area contributed by atoms with Crippen LogP contribution in [0.2, 0.25) is 0 Å². The van der Waals surface area contributed by atoms with Crippen molar-refractivity contribution in [3.8, 4) is 5.75 Å². The zero-order valence-corrected chi connectivity index (χ0v) is 15.0. The van der Waals surface area contributed by atoms with Crippen LogP contribution in [0.3, 0.4) is 0 Å². The van der Waals surface area contributed by atoms with E-state index in [1.54, 1.807) is 34.1 Å². The number of amides is 2. The molecule has 0 spiro atoms. The third-order valence-corrected chi connectivity index (χ3v) is 4.46. The molecule has 0 N–H and O–H groups in total. The molecule has 28 heavy (non-hydrogen) atoms. The fraction of sp³-hybridized carbons (Fsp3) is 0.300. The Balaban J connectivity index is 1.50. The van der Waals surface area contributed by atoms with Gasteiger partial charge >= 0.3 is 6.18 Å². The Kier molecular flexibility index (Phi) is 5.87. The Morgan fingerprint density at radius 3 is 2.18 bits per heavy atom. The highest BCUT2D eigenvalue weighted by Gasteiger charge is 2.31. The van der Waals surface area contributed by atoms with E-state index in [1.165, 1.54) is 12.1 Å². The topological polar surface area (TPSA) is 49.9 Å². The van der Waals surface area contributed by atoms with Crippen molar-refractivity contribution in [3.63, 3.8) is 0 Å². The van der Waals surface area contributed by atoms with E-state index >= 15 is 0 Å². The van der Waals surface area contributed by atoms with Crippen LogP contribution < -0.4 is 4.74 Å². The number of carbonyl (C=O) groups excluding carboxylic acids is 2. The fourth-order valence-electron chi connectivity index (χ4n) is 2.92. The number of benzene rings is 2. The van der Waals surface area contributed by atoms with Gasteiger partial charge in [0.25, 0.3) is 11.8 Å². The molecule has 8 heteroatoms. The fourth-order valence-corrected chi connectivity index (χ4v) is 2.92. The van der Waals surface area contributed by atoms with E-state index in [9.17, 15) is 22.8 Å². The molecular formula is C20H19F3N2O3. The van der Waals surface area contributed by atoms with Crippen LogP contribution in [-0.2, 0) is 11.0 Å². The van der Waals surface area contributed by atoms with Crippen molar-refractivity contribution in [2.75, 3.05) is 32.8 Å². The van der Waals surface area contributed by atoms with Gasteiger partial charge in [-0.25, -0.2) is 0 Å². The van der Waals surface area contributed by atoms with E-state index in [-0.39, 0.29) is 24.2 Å². The molecular weight excluding hydrogens is 373 g/mol. The highest BCUT2D eigenvalue weighted by atomic mass is 19.4. The van der Waals surface area contributed by atoms with Gasteiger partial charge in [0.15, 0.2) is 6.61 Å². The van der Waals surface area contributed by atoms with Gasteiger partial charge in [-0.1, -0.05) is 24.3 Å². The second kappa shape index (κ2) is 8.33. The third-order valence-electron chi connectivity index (χ3n) is 4.46. The quantitative estimate of drug-likeness (QED) is 0.804. The third kappa shape index (κ3) is 4.82. The summed E-state index contributed by atoms with van der Waals surface area (Å²) < 4.78 is 43.4. The SMILES string of the molecule is O=C(COc1cccc(C(F)(F)F)c1)N1CCN(C(=O)c2ccccc2)CC1. The van der Waals surface area contributed by atoms with Gasteiger partial charge in [0.1, 0.15) is 5.75 Å². The first kappa shape index (κ1) is 19.7. The Morgan fingerprint density at radius 2 is 1.54 bits per heavy atom. The van der Waals surface area contributed by atoms with E-state index in [2.05, 4.69) is 0 Å². The van der Waals surface area contributed by atoms with Crippen LogP contribution in [0.4, 0.5) is 13.2 Å². The van der Waals surface area contributed by atoms with Crippen LogP contribution >= 0.6 is 0 Å². The monoisotopic (exact) mass is 392 g/mol. The summed E-state index contributed by atoms with van der Waals surface area (Å²) in [6.45, 7) is 1.13. The molecule has 2 amide bonds. The lowest BCUT2D eigenvalue weighted by molar-refractivity contribution is -0.137. The molecule has 0 saturated carbocycles. The number of carbonyl (C=O) groups is 2. The molecule has 0 aliphatic carbocycles. The summed E-state index contributed by atoms with van der Waals surface area (Å²) in [5.74, 6) is -0.432.